The fraction of sp³-hybridized carbons (Fsp3) is 0.478. The first-order valence-corrected chi connectivity index (χ1v) is 11.1. The van der Waals surface area contributed by atoms with E-state index in [2.05, 4.69) is 4.90 Å². The van der Waals surface area contributed by atoms with Crippen LogP contribution in [0.1, 0.15) is 24.0 Å². The molecule has 0 atom stereocenters. The number of carbonyl (C=O) groups excluding carboxylic acids is 1. The summed E-state index contributed by atoms with van der Waals surface area (Å²) >= 11 is 0. The number of fused-ring (bicyclic) bond motifs is 1. The highest BCUT2D eigenvalue weighted by molar-refractivity contribution is 5.81. The molecular weight excluding hydrogens is 408 g/mol. The highest BCUT2D eigenvalue weighted by Gasteiger charge is 2.35. The van der Waals surface area contributed by atoms with E-state index in [1.54, 1.807) is 7.05 Å². The summed E-state index contributed by atoms with van der Waals surface area (Å²) in [6.45, 7) is 5.07. The van der Waals surface area contributed by atoms with Gasteiger partial charge in [0.2, 0.25) is 11.9 Å². The number of imidazole rings is 1. The van der Waals surface area contributed by atoms with Crippen molar-refractivity contribution in [1.82, 2.24) is 23.6 Å². The second-order valence-corrected chi connectivity index (χ2v) is 8.95. The van der Waals surface area contributed by atoms with Gasteiger partial charge >= 0.3 is 5.69 Å². The molecule has 32 heavy (non-hydrogen) atoms. The van der Waals surface area contributed by atoms with Crippen LogP contribution in [0.4, 0.5) is 5.95 Å². The van der Waals surface area contributed by atoms with E-state index in [0.29, 0.717) is 49.8 Å². The summed E-state index contributed by atoms with van der Waals surface area (Å²) in [6.07, 6.45) is 2.01. The monoisotopic (exact) mass is 436 g/mol. The summed E-state index contributed by atoms with van der Waals surface area (Å²) < 4.78 is 4.48. The fourth-order valence-electron chi connectivity index (χ4n) is 4.42. The molecule has 1 aliphatic carbocycles. The smallest absolute Gasteiger partial charge is 0.332 e. The Kier molecular flexibility index (Phi) is 4.91. The Morgan fingerprint density at radius 3 is 2.28 bits per heavy atom. The third-order valence-electron chi connectivity index (χ3n) is 6.59. The number of hydrogen-bond donors (Lipinski definition) is 0. The molecule has 1 amide bonds. The molecule has 9 heteroatoms. The molecule has 5 rings (SSSR count). The van der Waals surface area contributed by atoms with Crippen molar-refractivity contribution >= 4 is 23.0 Å². The van der Waals surface area contributed by atoms with Crippen LogP contribution in [-0.2, 0) is 25.4 Å². The Morgan fingerprint density at radius 1 is 1.00 bits per heavy atom. The normalized spacial score (nSPS) is 16.7. The van der Waals surface area contributed by atoms with Crippen LogP contribution in [0.25, 0.3) is 11.2 Å². The largest absolute Gasteiger partial charge is 0.339 e. The highest BCUT2D eigenvalue weighted by Crippen LogP contribution is 2.31. The first-order valence-electron chi connectivity index (χ1n) is 11.1. The van der Waals surface area contributed by atoms with Gasteiger partial charge in [0.15, 0.2) is 11.2 Å². The number of piperazine rings is 1. The molecule has 3 heterocycles. The van der Waals surface area contributed by atoms with Crippen molar-refractivity contribution in [1.29, 1.82) is 0 Å². The molecule has 0 N–H and O–H groups in total. The van der Waals surface area contributed by atoms with Gasteiger partial charge in [0.05, 0.1) is 6.54 Å². The zero-order valence-corrected chi connectivity index (χ0v) is 18.7. The van der Waals surface area contributed by atoms with Gasteiger partial charge in [0.25, 0.3) is 5.56 Å². The van der Waals surface area contributed by atoms with Crippen LogP contribution in [0.15, 0.2) is 33.9 Å². The van der Waals surface area contributed by atoms with E-state index in [1.165, 1.54) is 17.2 Å². The number of anilines is 1. The van der Waals surface area contributed by atoms with E-state index >= 15 is 0 Å². The molecule has 3 aromatic rings. The number of benzene rings is 1. The van der Waals surface area contributed by atoms with Crippen molar-refractivity contribution in [3.63, 3.8) is 0 Å². The van der Waals surface area contributed by atoms with Gasteiger partial charge < -0.3 is 9.80 Å². The number of nitrogens with zero attached hydrogens (tertiary/aromatic N) is 6. The molecule has 0 unspecified atom stereocenters. The maximum Gasteiger partial charge on any atom is 0.332 e. The summed E-state index contributed by atoms with van der Waals surface area (Å²) in [4.78, 5) is 46.9. The summed E-state index contributed by atoms with van der Waals surface area (Å²) in [7, 11) is 3.14. The fourth-order valence-corrected chi connectivity index (χ4v) is 4.42. The van der Waals surface area contributed by atoms with E-state index in [9.17, 15) is 14.4 Å². The van der Waals surface area contributed by atoms with Gasteiger partial charge in [0, 0.05) is 46.2 Å². The van der Waals surface area contributed by atoms with Crippen LogP contribution in [0, 0.1) is 12.8 Å². The predicted molar refractivity (Wildman–Crippen MR) is 122 cm³/mol. The number of aromatic nitrogens is 4. The van der Waals surface area contributed by atoms with Crippen molar-refractivity contribution in [2.45, 2.75) is 26.3 Å². The molecule has 2 aromatic heterocycles. The number of aryl methyl sites for hydroxylation is 2. The highest BCUT2D eigenvalue weighted by atomic mass is 16.2. The minimum absolute atomic E-state index is 0.213. The SMILES string of the molecule is Cc1ccc(Cn2c(N3CCN(C(=O)C4CC4)CC3)nc3c2c(=O)n(C)c(=O)n3C)cc1. The van der Waals surface area contributed by atoms with Crippen LogP contribution < -0.4 is 16.1 Å². The van der Waals surface area contributed by atoms with Gasteiger partial charge in [0.1, 0.15) is 0 Å². The molecule has 1 saturated heterocycles. The molecule has 0 radical (unpaired) electrons. The molecule has 0 bridgehead atoms. The van der Waals surface area contributed by atoms with Crippen molar-refractivity contribution in [2.24, 2.45) is 20.0 Å². The molecule has 1 saturated carbocycles. The molecule has 2 fully saturated rings. The molecule has 0 spiro atoms. The Morgan fingerprint density at radius 2 is 1.66 bits per heavy atom. The van der Waals surface area contributed by atoms with Gasteiger partial charge in [-0.15, -0.1) is 0 Å². The van der Waals surface area contributed by atoms with Crippen LogP contribution >= 0.6 is 0 Å². The molecule has 9 nitrogen and oxygen atoms in total. The first-order chi connectivity index (χ1) is 15.3. The molecule has 1 aliphatic heterocycles. The van der Waals surface area contributed by atoms with Gasteiger partial charge in [-0.2, -0.15) is 4.98 Å². The van der Waals surface area contributed by atoms with Crippen molar-refractivity contribution in [2.75, 3.05) is 31.1 Å². The van der Waals surface area contributed by atoms with Gasteiger partial charge in [-0.3, -0.25) is 23.3 Å². The molecule has 1 aromatic carbocycles. The van der Waals surface area contributed by atoms with Crippen LogP contribution in [0.3, 0.4) is 0 Å². The van der Waals surface area contributed by atoms with Crippen molar-refractivity contribution in [3.8, 4) is 0 Å². The Labute approximate surface area is 185 Å². The van der Waals surface area contributed by atoms with Crippen LogP contribution in [0.2, 0.25) is 0 Å². The third kappa shape index (κ3) is 3.41. The van der Waals surface area contributed by atoms with E-state index in [-0.39, 0.29) is 17.4 Å². The van der Waals surface area contributed by atoms with Crippen LogP contribution in [-0.4, -0.2) is 55.7 Å². The second-order valence-electron chi connectivity index (χ2n) is 8.95. The number of amides is 1. The number of carbonyl (C=O) groups is 1. The Hall–Kier alpha value is -3.36. The average molecular weight is 437 g/mol. The topological polar surface area (TPSA) is 85.4 Å². The summed E-state index contributed by atoms with van der Waals surface area (Å²) in [6, 6.07) is 8.18. The van der Waals surface area contributed by atoms with Crippen LogP contribution in [0.5, 0.6) is 0 Å². The predicted octanol–water partition coefficient (Wildman–Crippen LogP) is 0.849. The van der Waals surface area contributed by atoms with Crippen molar-refractivity contribution in [3.05, 3.63) is 56.2 Å². The Balaban J connectivity index is 1.56. The maximum atomic E-state index is 13.1. The number of hydrogen-bond acceptors (Lipinski definition) is 5. The van der Waals surface area contributed by atoms with E-state index in [0.717, 1.165) is 23.0 Å². The summed E-state index contributed by atoms with van der Waals surface area (Å²) in [5, 5.41) is 0. The minimum Gasteiger partial charge on any atom is -0.339 e. The van der Waals surface area contributed by atoms with Gasteiger partial charge in [-0.25, -0.2) is 4.79 Å². The lowest BCUT2D eigenvalue weighted by atomic mass is 10.1. The zero-order valence-electron chi connectivity index (χ0n) is 18.7. The van der Waals surface area contributed by atoms with Gasteiger partial charge in [-0.1, -0.05) is 29.8 Å². The Bertz CT molecular complexity index is 1300. The maximum absolute atomic E-state index is 13.1. The standard InChI is InChI=1S/C23H28N6O3/c1-15-4-6-16(7-5-15)14-29-18-19(25(2)23(32)26(3)21(18)31)24-22(29)28-12-10-27(11-13-28)20(30)17-8-9-17/h4-7,17H,8-14H2,1-3H3. The lowest BCUT2D eigenvalue weighted by Gasteiger charge is -2.35. The lowest BCUT2D eigenvalue weighted by molar-refractivity contribution is -0.132. The quantitative estimate of drug-likeness (QED) is 0.605. The number of rotatable bonds is 4. The summed E-state index contributed by atoms with van der Waals surface area (Å²) in [5.41, 5.74) is 2.28. The first kappa shape index (κ1) is 20.5. The average Bonchev–Trinajstić information content (AvgIpc) is 3.59. The second kappa shape index (κ2) is 7.65. The molecule has 2 aliphatic rings. The molecular formula is C23H28N6O3. The van der Waals surface area contributed by atoms with Gasteiger partial charge in [-0.05, 0) is 25.3 Å². The lowest BCUT2D eigenvalue weighted by Crippen LogP contribution is -2.50. The van der Waals surface area contributed by atoms with E-state index in [4.69, 9.17) is 4.98 Å². The zero-order chi connectivity index (χ0) is 22.6. The molecule has 168 valence electrons. The van der Waals surface area contributed by atoms with E-state index in [1.807, 2.05) is 40.7 Å². The third-order valence-corrected chi connectivity index (χ3v) is 6.59. The summed E-state index contributed by atoms with van der Waals surface area (Å²) in [5.74, 6) is 1.14. The van der Waals surface area contributed by atoms with E-state index < -0.39 is 5.69 Å². The van der Waals surface area contributed by atoms with Crippen molar-refractivity contribution < 1.29 is 4.79 Å². The minimum atomic E-state index is -0.395.